The molecule has 1 aliphatic carbocycles. The molecule has 1 heterocycles. The van der Waals surface area contributed by atoms with E-state index in [0.29, 0.717) is 12.6 Å². The number of aromatic nitrogens is 2. The second kappa shape index (κ2) is 5.48. The average molecular weight is 221 g/mol. The van der Waals surface area contributed by atoms with Crippen molar-refractivity contribution in [1.82, 2.24) is 9.55 Å². The van der Waals surface area contributed by atoms with Crippen molar-refractivity contribution < 1.29 is 0 Å². The highest BCUT2D eigenvalue weighted by Gasteiger charge is 2.24. The average Bonchev–Trinajstić information content (AvgIpc) is 2.80. The summed E-state index contributed by atoms with van der Waals surface area (Å²) in [6.07, 6.45) is 12.0. The van der Waals surface area contributed by atoms with Crippen LogP contribution in [0.1, 0.15) is 57.2 Å². The largest absolute Gasteiger partial charge is 0.330 e. The first-order valence-electron chi connectivity index (χ1n) is 6.57. The van der Waals surface area contributed by atoms with E-state index in [4.69, 9.17) is 5.73 Å². The number of imidazole rings is 1. The lowest BCUT2D eigenvalue weighted by molar-refractivity contribution is 0.239. The first kappa shape index (κ1) is 11.6. The summed E-state index contributed by atoms with van der Waals surface area (Å²) in [7, 11) is 0. The first-order chi connectivity index (χ1) is 7.86. The van der Waals surface area contributed by atoms with Gasteiger partial charge in [0.25, 0.3) is 0 Å². The molecule has 2 rings (SSSR count). The van der Waals surface area contributed by atoms with Crippen LogP contribution in [0.5, 0.6) is 0 Å². The van der Waals surface area contributed by atoms with Gasteiger partial charge < -0.3 is 10.3 Å². The molecule has 1 saturated carbocycles. The van der Waals surface area contributed by atoms with Gasteiger partial charge in [-0.05, 0) is 25.2 Å². The molecule has 0 aromatic carbocycles. The predicted molar refractivity (Wildman–Crippen MR) is 66.0 cm³/mol. The topological polar surface area (TPSA) is 43.8 Å². The maximum Gasteiger partial charge on any atom is 0.0951 e. The van der Waals surface area contributed by atoms with Crippen molar-refractivity contribution in [3.8, 4) is 0 Å². The van der Waals surface area contributed by atoms with Crippen LogP contribution in [0.3, 0.4) is 0 Å². The summed E-state index contributed by atoms with van der Waals surface area (Å²) in [5, 5.41) is 0. The number of hydrogen-bond donors (Lipinski definition) is 1. The summed E-state index contributed by atoms with van der Waals surface area (Å²) in [6, 6.07) is 0.612. The van der Waals surface area contributed by atoms with Gasteiger partial charge >= 0.3 is 0 Å². The molecular weight excluding hydrogens is 198 g/mol. The highest BCUT2D eigenvalue weighted by Crippen LogP contribution is 2.35. The van der Waals surface area contributed by atoms with E-state index < -0.39 is 0 Å². The Morgan fingerprint density at radius 3 is 2.81 bits per heavy atom. The number of rotatable bonds is 4. The van der Waals surface area contributed by atoms with E-state index in [1.807, 2.05) is 12.5 Å². The van der Waals surface area contributed by atoms with E-state index in [-0.39, 0.29) is 0 Å². The molecule has 90 valence electrons. The molecule has 3 nitrogen and oxygen atoms in total. The fourth-order valence-corrected chi connectivity index (χ4v) is 3.06. The van der Waals surface area contributed by atoms with Crippen molar-refractivity contribution >= 4 is 0 Å². The minimum absolute atomic E-state index is 0.600. The van der Waals surface area contributed by atoms with Crippen LogP contribution in [0.2, 0.25) is 0 Å². The molecule has 0 radical (unpaired) electrons. The minimum atomic E-state index is 0.600. The van der Waals surface area contributed by atoms with E-state index in [9.17, 15) is 0 Å². The molecule has 0 aliphatic heterocycles. The molecule has 2 N–H and O–H groups in total. The summed E-state index contributed by atoms with van der Waals surface area (Å²) in [6.45, 7) is 2.88. The minimum Gasteiger partial charge on any atom is -0.330 e. The standard InChI is InChI=1S/C13H23N3/c1-2-13(11-6-4-3-5-7-11)16-10-15-9-12(16)8-14/h9-11,13H,2-8,14H2,1H3. The fraction of sp³-hybridized carbons (Fsp3) is 0.769. The Hall–Kier alpha value is -0.830. The lowest BCUT2D eigenvalue weighted by Gasteiger charge is -2.31. The van der Waals surface area contributed by atoms with E-state index in [1.165, 1.54) is 44.2 Å². The summed E-state index contributed by atoms with van der Waals surface area (Å²) in [5.74, 6) is 0.832. The Morgan fingerprint density at radius 2 is 2.19 bits per heavy atom. The molecule has 0 bridgehead atoms. The quantitative estimate of drug-likeness (QED) is 0.849. The van der Waals surface area contributed by atoms with Crippen LogP contribution in [0.15, 0.2) is 12.5 Å². The molecule has 0 amide bonds. The van der Waals surface area contributed by atoms with Crippen LogP contribution in [0.4, 0.5) is 0 Å². The smallest absolute Gasteiger partial charge is 0.0951 e. The molecule has 1 aliphatic rings. The highest BCUT2D eigenvalue weighted by atomic mass is 15.1. The lowest BCUT2D eigenvalue weighted by Crippen LogP contribution is -2.23. The zero-order valence-electron chi connectivity index (χ0n) is 10.2. The van der Waals surface area contributed by atoms with Crippen molar-refractivity contribution in [3.63, 3.8) is 0 Å². The molecule has 1 fully saturated rings. The summed E-state index contributed by atoms with van der Waals surface area (Å²) in [4.78, 5) is 4.24. The Labute approximate surface area is 98.1 Å². The highest BCUT2D eigenvalue weighted by molar-refractivity contribution is 5.00. The zero-order chi connectivity index (χ0) is 11.4. The third kappa shape index (κ3) is 2.29. The SMILES string of the molecule is CCC(C1CCCCC1)n1cncc1CN. The van der Waals surface area contributed by atoms with Gasteiger partial charge in [0.2, 0.25) is 0 Å². The molecule has 1 unspecified atom stereocenters. The molecule has 0 spiro atoms. The van der Waals surface area contributed by atoms with Gasteiger partial charge in [-0.3, -0.25) is 0 Å². The molecule has 16 heavy (non-hydrogen) atoms. The van der Waals surface area contributed by atoms with Gasteiger partial charge in [0, 0.05) is 18.8 Å². The van der Waals surface area contributed by atoms with Crippen molar-refractivity contribution in [1.29, 1.82) is 0 Å². The zero-order valence-corrected chi connectivity index (χ0v) is 10.2. The van der Waals surface area contributed by atoms with Crippen molar-refractivity contribution in [2.45, 2.75) is 58.0 Å². The predicted octanol–water partition coefficient (Wildman–Crippen LogP) is 2.87. The molecule has 0 saturated heterocycles. The van der Waals surface area contributed by atoms with Crippen LogP contribution >= 0.6 is 0 Å². The van der Waals surface area contributed by atoms with Crippen LogP contribution in [-0.4, -0.2) is 9.55 Å². The third-order valence-electron chi connectivity index (χ3n) is 3.92. The van der Waals surface area contributed by atoms with Gasteiger partial charge in [-0.15, -0.1) is 0 Å². The van der Waals surface area contributed by atoms with Crippen LogP contribution in [-0.2, 0) is 6.54 Å². The van der Waals surface area contributed by atoms with Gasteiger partial charge in [0.15, 0.2) is 0 Å². The van der Waals surface area contributed by atoms with Gasteiger partial charge in [-0.2, -0.15) is 0 Å². The molecular formula is C13H23N3. The van der Waals surface area contributed by atoms with Crippen molar-refractivity contribution in [3.05, 3.63) is 18.2 Å². The fourth-order valence-electron chi connectivity index (χ4n) is 3.06. The third-order valence-corrected chi connectivity index (χ3v) is 3.92. The van der Waals surface area contributed by atoms with E-state index >= 15 is 0 Å². The monoisotopic (exact) mass is 221 g/mol. The summed E-state index contributed by atoms with van der Waals surface area (Å²) < 4.78 is 2.32. The van der Waals surface area contributed by atoms with Crippen molar-refractivity contribution in [2.75, 3.05) is 0 Å². The second-order valence-electron chi connectivity index (χ2n) is 4.87. The maximum absolute atomic E-state index is 5.76. The summed E-state index contributed by atoms with van der Waals surface area (Å²) in [5.41, 5.74) is 6.93. The van der Waals surface area contributed by atoms with Crippen LogP contribution in [0, 0.1) is 5.92 Å². The Balaban J connectivity index is 2.14. The van der Waals surface area contributed by atoms with Gasteiger partial charge in [0.05, 0.1) is 12.0 Å². The van der Waals surface area contributed by atoms with E-state index in [2.05, 4.69) is 16.5 Å². The Morgan fingerprint density at radius 1 is 1.44 bits per heavy atom. The lowest BCUT2D eigenvalue weighted by atomic mass is 9.82. The molecule has 1 aromatic heterocycles. The van der Waals surface area contributed by atoms with Crippen molar-refractivity contribution in [2.24, 2.45) is 11.7 Å². The van der Waals surface area contributed by atoms with E-state index in [0.717, 1.165) is 5.92 Å². The van der Waals surface area contributed by atoms with Crippen LogP contribution in [0.25, 0.3) is 0 Å². The number of hydrogen-bond acceptors (Lipinski definition) is 2. The molecule has 1 aromatic rings. The Kier molecular flexibility index (Phi) is 3.99. The van der Waals surface area contributed by atoms with Gasteiger partial charge in [-0.1, -0.05) is 26.2 Å². The van der Waals surface area contributed by atoms with E-state index in [1.54, 1.807) is 0 Å². The Bertz CT molecular complexity index is 313. The number of nitrogens with two attached hydrogens (primary N) is 1. The first-order valence-corrected chi connectivity index (χ1v) is 6.57. The maximum atomic E-state index is 5.76. The van der Waals surface area contributed by atoms with Gasteiger partial charge in [0.1, 0.15) is 0 Å². The molecule has 3 heteroatoms. The normalized spacial score (nSPS) is 19.9. The summed E-state index contributed by atoms with van der Waals surface area (Å²) >= 11 is 0. The van der Waals surface area contributed by atoms with Gasteiger partial charge in [-0.25, -0.2) is 4.98 Å². The molecule has 1 atom stereocenters. The second-order valence-corrected chi connectivity index (χ2v) is 4.87. The van der Waals surface area contributed by atoms with Crippen LogP contribution < -0.4 is 5.73 Å². The number of nitrogens with zero attached hydrogens (tertiary/aromatic N) is 2.